The summed E-state index contributed by atoms with van der Waals surface area (Å²) in [4.78, 5) is 0. The molecule has 66 valence electrons. The Morgan fingerprint density at radius 2 is 2.08 bits per heavy atom. The van der Waals surface area contributed by atoms with Crippen molar-refractivity contribution in [2.24, 2.45) is 0 Å². The highest BCUT2D eigenvalue weighted by Gasteiger charge is 2.20. The van der Waals surface area contributed by atoms with Gasteiger partial charge in [-0.3, -0.25) is 4.39 Å². The number of rotatable bonds is 2. The van der Waals surface area contributed by atoms with Crippen molar-refractivity contribution < 1.29 is 9.50 Å². The smallest absolute Gasteiger partial charge is 0.115 e. The van der Waals surface area contributed by atoms with Gasteiger partial charge in [-0.25, -0.2) is 0 Å². The van der Waals surface area contributed by atoms with E-state index >= 15 is 0 Å². The molecule has 12 heavy (non-hydrogen) atoms. The van der Waals surface area contributed by atoms with Crippen LogP contribution in [0, 0.1) is 0 Å². The number of phenolic OH excluding ortho intramolecular Hbond substituents is 1. The van der Waals surface area contributed by atoms with Gasteiger partial charge in [0.05, 0.1) is 6.67 Å². The molecule has 0 aliphatic carbocycles. The Morgan fingerprint density at radius 3 is 2.58 bits per heavy atom. The zero-order valence-electron chi connectivity index (χ0n) is 7.34. The van der Waals surface area contributed by atoms with Gasteiger partial charge in [-0.2, -0.15) is 0 Å². The quantitative estimate of drug-likeness (QED) is 0.719. The molecule has 1 nitrogen and oxygen atoms in total. The number of phenols is 1. The number of aromatic hydroxyl groups is 1. The third kappa shape index (κ3) is 1.76. The summed E-state index contributed by atoms with van der Waals surface area (Å²) in [5.41, 5.74) is 0.323. The third-order valence-electron chi connectivity index (χ3n) is 1.96. The van der Waals surface area contributed by atoms with Gasteiger partial charge >= 0.3 is 0 Å². The van der Waals surface area contributed by atoms with E-state index in [9.17, 15) is 4.39 Å². The Labute approximate surface area is 71.9 Å². The fourth-order valence-corrected chi connectivity index (χ4v) is 1.00. The van der Waals surface area contributed by atoms with Crippen molar-refractivity contribution in [3.8, 4) is 5.75 Å². The minimum absolute atomic E-state index is 0.189. The summed E-state index contributed by atoms with van der Waals surface area (Å²) in [6.45, 7) is 3.19. The van der Waals surface area contributed by atoms with Gasteiger partial charge in [0.25, 0.3) is 0 Å². The van der Waals surface area contributed by atoms with E-state index in [0.717, 1.165) is 5.56 Å². The Morgan fingerprint density at radius 1 is 1.42 bits per heavy atom. The van der Waals surface area contributed by atoms with Gasteiger partial charge in [0.15, 0.2) is 0 Å². The van der Waals surface area contributed by atoms with Crippen molar-refractivity contribution >= 4 is 0 Å². The number of hydrogen-bond acceptors (Lipinski definition) is 1. The summed E-state index contributed by atoms with van der Waals surface area (Å²) in [6, 6.07) is 6.72. The van der Waals surface area contributed by atoms with E-state index in [-0.39, 0.29) is 5.75 Å². The molecule has 0 aliphatic heterocycles. The minimum atomic E-state index is -0.501. The molecule has 1 aromatic carbocycles. The van der Waals surface area contributed by atoms with Crippen LogP contribution in [0.15, 0.2) is 24.3 Å². The highest BCUT2D eigenvalue weighted by atomic mass is 19.1. The molecule has 0 heterocycles. The Balaban J connectivity index is 3.03. The average molecular weight is 168 g/mol. The second kappa shape index (κ2) is 3.13. The zero-order valence-corrected chi connectivity index (χ0v) is 7.34. The van der Waals surface area contributed by atoms with Crippen LogP contribution in [-0.4, -0.2) is 11.8 Å². The van der Waals surface area contributed by atoms with Crippen LogP contribution in [0.25, 0.3) is 0 Å². The lowest BCUT2D eigenvalue weighted by molar-refractivity contribution is 0.349. The van der Waals surface area contributed by atoms with E-state index in [1.54, 1.807) is 18.2 Å². The molecule has 0 atom stereocenters. The molecule has 0 aromatic heterocycles. The van der Waals surface area contributed by atoms with Crippen molar-refractivity contribution in [3.05, 3.63) is 29.8 Å². The van der Waals surface area contributed by atoms with Crippen molar-refractivity contribution in [2.45, 2.75) is 19.3 Å². The lowest BCUT2D eigenvalue weighted by Crippen LogP contribution is -2.19. The molecule has 0 bridgehead atoms. The molecule has 0 saturated carbocycles. The van der Waals surface area contributed by atoms with Gasteiger partial charge in [0.2, 0.25) is 0 Å². The summed E-state index contributed by atoms with van der Waals surface area (Å²) >= 11 is 0. The number of benzene rings is 1. The Kier molecular flexibility index (Phi) is 2.36. The molecule has 0 aliphatic rings. The standard InChI is InChI=1S/C10H13FO/c1-10(2,7-11)8-4-3-5-9(12)6-8/h3-6,12H,7H2,1-2H3. The molecule has 1 rings (SSSR count). The van der Waals surface area contributed by atoms with E-state index in [1.165, 1.54) is 0 Å². The van der Waals surface area contributed by atoms with Gasteiger partial charge in [-0.15, -0.1) is 0 Å². The fraction of sp³-hybridized carbons (Fsp3) is 0.400. The second-order valence-corrected chi connectivity index (χ2v) is 3.57. The summed E-state index contributed by atoms with van der Waals surface area (Å²) in [5, 5.41) is 9.15. The molecular formula is C10H13FO. The molecule has 0 radical (unpaired) electrons. The van der Waals surface area contributed by atoms with E-state index in [0.29, 0.717) is 0 Å². The molecule has 0 amide bonds. The molecule has 1 N–H and O–H groups in total. The topological polar surface area (TPSA) is 20.2 Å². The van der Waals surface area contributed by atoms with Crippen LogP contribution < -0.4 is 0 Å². The maximum atomic E-state index is 12.5. The first-order valence-corrected chi connectivity index (χ1v) is 3.92. The van der Waals surface area contributed by atoms with Crippen LogP contribution in [0.4, 0.5) is 4.39 Å². The monoisotopic (exact) mass is 168 g/mol. The van der Waals surface area contributed by atoms with Crippen LogP contribution in [0.3, 0.4) is 0 Å². The number of alkyl halides is 1. The largest absolute Gasteiger partial charge is 0.508 e. The molecule has 1 aromatic rings. The molecule has 0 unspecified atom stereocenters. The minimum Gasteiger partial charge on any atom is -0.508 e. The molecule has 0 saturated heterocycles. The first kappa shape index (κ1) is 9.04. The normalized spacial score (nSPS) is 11.6. The molecule has 2 heteroatoms. The van der Waals surface area contributed by atoms with Crippen LogP contribution in [-0.2, 0) is 5.41 Å². The van der Waals surface area contributed by atoms with Crippen LogP contribution in [0.1, 0.15) is 19.4 Å². The SMILES string of the molecule is CC(C)(CF)c1cccc(O)c1. The summed E-state index contributed by atoms with van der Waals surface area (Å²) in [7, 11) is 0. The molecular weight excluding hydrogens is 155 g/mol. The molecule has 0 fully saturated rings. The van der Waals surface area contributed by atoms with Crippen molar-refractivity contribution in [2.75, 3.05) is 6.67 Å². The lowest BCUT2D eigenvalue weighted by Gasteiger charge is -2.20. The van der Waals surface area contributed by atoms with Gasteiger partial charge in [0.1, 0.15) is 5.75 Å². The Hall–Kier alpha value is -1.05. The zero-order chi connectivity index (χ0) is 9.19. The third-order valence-corrected chi connectivity index (χ3v) is 1.96. The highest BCUT2D eigenvalue weighted by molar-refractivity contribution is 5.32. The number of halogens is 1. The first-order valence-electron chi connectivity index (χ1n) is 3.92. The predicted octanol–water partition coefficient (Wildman–Crippen LogP) is 2.64. The van der Waals surface area contributed by atoms with E-state index in [4.69, 9.17) is 5.11 Å². The first-order chi connectivity index (χ1) is 5.56. The van der Waals surface area contributed by atoms with E-state index in [1.807, 2.05) is 19.9 Å². The van der Waals surface area contributed by atoms with Crippen molar-refractivity contribution in [1.82, 2.24) is 0 Å². The Bertz CT molecular complexity index is 268. The summed E-state index contributed by atoms with van der Waals surface area (Å²) < 4.78 is 12.5. The van der Waals surface area contributed by atoms with Gasteiger partial charge in [-0.05, 0) is 17.7 Å². The fourth-order valence-electron chi connectivity index (χ4n) is 1.00. The second-order valence-electron chi connectivity index (χ2n) is 3.57. The summed E-state index contributed by atoms with van der Waals surface area (Å²) in [6.07, 6.45) is 0. The van der Waals surface area contributed by atoms with E-state index in [2.05, 4.69) is 0 Å². The van der Waals surface area contributed by atoms with Crippen LogP contribution >= 0.6 is 0 Å². The number of hydrogen-bond donors (Lipinski definition) is 1. The van der Waals surface area contributed by atoms with Crippen molar-refractivity contribution in [3.63, 3.8) is 0 Å². The van der Waals surface area contributed by atoms with Crippen LogP contribution in [0.2, 0.25) is 0 Å². The molecule has 0 spiro atoms. The van der Waals surface area contributed by atoms with Crippen LogP contribution in [0.5, 0.6) is 5.75 Å². The summed E-state index contributed by atoms with van der Waals surface area (Å²) in [5.74, 6) is 0.189. The lowest BCUT2D eigenvalue weighted by atomic mass is 9.86. The predicted molar refractivity (Wildman–Crippen MR) is 47.1 cm³/mol. The maximum absolute atomic E-state index is 12.5. The van der Waals surface area contributed by atoms with E-state index < -0.39 is 12.1 Å². The van der Waals surface area contributed by atoms with Gasteiger partial charge < -0.3 is 5.11 Å². The maximum Gasteiger partial charge on any atom is 0.115 e. The average Bonchev–Trinajstić information content (AvgIpc) is 2.05. The van der Waals surface area contributed by atoms with Gasteiger partial charge in [-0.1, -0.05) is 26.0 Å². The van der Waals surface area contributed by atoms with Crippen molar-refractivity contribution in [1.29, 1.82) is 0 Å². The van der Waals surface area contributed by atoms with Gasteiger partial charge in [0, 0.05) is 5.41 Å². The highest BCUT2D eigenvalue weighted by Crippen LogP contribution is 2.25.